The van der Waals surface area contributed by atoms with Gasteiger partial charge in [-0.15, -0.1) is 0 Å². The van der Waals surface area contributed by atoms with Gasteiger partial charge < -0.3 is 5.32 Å². The van der Waals surface area contributed by atoms with E-state index < -0.39 is 6.04 Å². The van der Waals surface area contributed by atoms with E-state index in [0.29, 0.717) is 6.54 Å². The van der Waals surface area contributed by atoms with E-state index in [1.807, 2.05) is 32.0 Å². The van der Waals surface area contributed by atoms with Gasteiger partial charge in [0.25, 0.3) is 5.91 Å². The van der Waals surface area contributed by atoms with Crippen LogP contribution in [0.1, 0.15) is 25.3 Å². The molecule has 5 heteroatoms. The van der Waals surface area contributed by atoms with Crippen molar-refractivity contribution in [3.63, 3.8) is 0 Å². The van der Waals surface area contributed by atoms with Gasteiger partial charge in [-0.05, 0) is 31.0 Å². The summed E-state index contributed by atoms with van der Waals surface area (Å²) in [5.74, 6) is -0.205. The molecule has 19 heavy (non-hydrogen) atoms. The Labute approximate surface area is 121 Å². The topological polar surface area (TPSA) is 49.4 Å². The molecule has 1 aliphatic rings. The summed E-state index contributed by atoms with van der Waals surface area (Å²) >= 11 is 3.41. The summed E-state index contributed by atoms with van der Waals surface area (Å²) in [5.41, 5.74) is 1.94. The van der Waals surface area contributed by atoms with Crippen LogP contribution in [0, 0.1) is 6.92 Å². The quantitative estimate of drug-likeness (QED) is 0.866. The molecule has 1 N–H and O–H groups in total. The van der Waals surface area contributed by atoms with Crippen LogP contribution >= 0.6 is 15.9 Å². The molecule has 1 aromatic rings. The number of carbonyl (C=O) groups excluding carboxylic acids is 2. The normalized spacial score (nSPS) is 19.1. The van der Waals surface area contributed by atoms with E-state index in [4.69, 9.17) is 0 Å². The molecule has 0 bridgehead atoms. The molecule has 1 heterocycles. The van der Waals surface area contributed by atoms with E-state index in [9.17, 15) is 9.59 Å². The minimum atomic E-state index is -0.438. The van der Waals surface area contributed by atoms with Crippen LogP contribution in [0.15, 0.2) is 22.7 Å². The molecule has 4 nitrogen and oxygen atoms in total. The summed E-state index contributed by atoms with van der Waals surface area (Å²) in [5, 5.41) is 3.18. The van der Waals surface area contributed by atoms with Crippen molar-refractivity contribution in [3.8, 4) is 0 Å². The third-order valence-corrected chi connectivity index (χ3v) is 3.71. The maximum atomic E-state index is 12.1. The van der Waals surface area contributed by atoms with Crippen molar-refractivity contribution in [1.82, 2.24) is 4.90 Å². The maximum Gasteiger partial charge on any atom is 0.252 e. The zero-order valence-electron chi connectivity index (χ0n) is 11.1. The predicted molar refractivity (Wildman–Crippen MR) is 77.9 cm³/mol. The first-order valence-electron chi connectivity index (χ1n) is 6.39. The molecule has 0 radical (unpaired) electrons. The van der Waals surface area contributed by atoms with Gasteiger partial charge in [0.2, 0.25) is 5.91 Å². The Bertz CT molecular complexity index is 516. The average molecular weight is 325 g/mol. The first kappa shape index (κ1) is 14.1. The average Bonchev–Trinajstić information content (AvgIpc) is 2.62. The lowest BCUT2D eigenvalue weighted by Gasteiger charge is -2.16. The van der Waals surface area contributed by atoms with Gasteiger partial charge in [-0.25, -0.2) is 0 Å². The van der Waals surface area contributed by atoms with Crippen LogP contribution in [-0.4, -0.2) is 29.3 Å². The number of nitrogens with one attached hydrogen (secondary N) is 1. The van der Waals surface area contributed by atoms with E-state index in [-0.39, 0.29) is 18.2 Å². The third-order valence-electron chi connectivity index (χ3n) is 3.22. The van der Waals surface area contributed by atoms with Crippen molar-refractivity contribution in [1.29, 1.82) is 0 Å². The Morgan fingerprint density at radius 1 is 1.42 bits per heavy atom. The minimum Gasteiger partial charge on any atom is -0.373 e. The Morgan fingerprint density at radius 2 is 2.16 bits per heavy atom. The van der Waals surface area contributed by atoms with Crippen LogP contribution in [0.25, 0.3) is 0 Å². The second-order valence-corrected chi connectivity index (χ2v) is 5.66. The molecule has 2 amide bonds. The number of hydrogen-bond acceptors (Lipinski definition) is 3. The molecule has 1 aliphatic heterocycles. The molecule has 0 spiro atoms. The Kier molecular flexibility index (Phi) is 4.24. The summed E-state index contributed by atoms with van der Waals surface area (Å²) in [7, 11) is 0. The number of likely N-dealkylation sites (tertiary alicyclic amines) is 1. The van der Waals surface area contributed by atoms with Gasteiger partial charge in [0.05, 0.1) is 6.42 Å². The number of aryl methyl sites for hydroxylation is 1. The molecule has 102 valence electrons. The SMILES string of the molecule is CCCN1C(=O)CC(Nc2cc(Br)ccc2C)C1=O. The van der Waals surface area contributed by atoms with Crippen LogP contribution < -0.4 is 5.32 Å². The fraction of sp³-hybridized carbons (Fsp3) is 0.429. The predicted octanol–water partition coefficient (Wildman–Crippen LogP) is 2.71. The molecule has 1 saturated heterocycles. The van der Waals surface area contributed by atoms with Crippen LogP contribution in [0.3, 0.4) is 0 Å². The lowest BCUT2D eigenvalue weighted by molar-refractivity contribution is -0.138. The summed E-state index contributed by atoms with van der Waals surface area (Å²) in [6, 6.07) is 5.41. The molecular weight excluding hydrogens is 308 g/mol. The number of halogens is 1. The number of benzene rings is 1. The highest BCUT2D eigenvalue weighted by molar-refractivity contribution is 9.10. The van der Waals surface area contributed by atoms with Gasteiger partial charge in [-0.2, -0.15) is 0 Å². The molecule has 0 saturated carbocycles. The van der Waals surface area contributed by atoms with Gasteiger partial charge >= 0.3 is 0 Å². The van der Waals surface area contributed by atoms with Gasteiger partial charge in [-0.1, -0.05) is 28.9 Å². The first-order valence-corrected chi connectivity index (χ1v) is 7.19. The second kappa shape index (κ2) is 5.74. The fourth-order valence-electron chi connectivity index (χ4n) is 2.19. The van der Waals surface area contributed by atoms with Crippen molar-refractivity contribution in [3.05, 3.63) is 28.2 Å². The highest BCUT2D eigenvalue weighted by Gasteiger charge is 2.37. The lowest BCUT2D eigenvalue weighted by Crippen LogP contribution is -2.35. The largest absolute Gasteiger partial charge is 0.373 e. The Morgan fingerprint density at radius 3 is 2.84 bits per heavy atom. The van der Waals surface area contributed by atoms with Gasteiger partial charge in [0.1, 0.15) is 6.04 Å². The molecule has 1 atom stereocenters. The van der Waals surface area contributed by atoms with Gasteiger partial charge in [0.15, 0.2) is 0 Å². The van der Waals surface area contributed by atoms with Crippen LogP contribution in [0.4, 0.5) is 5.69 Å². The molecule has 0 aliphatic carbocycles. The van der Waals surface area contributed by atoms with Crippen molar-refractivity contribution in [2.75, 3.05) is 11.9 Å². The van der Waals surface area contributed by atoms with Crippen LogP contribution in [0.5, 0.6) is 0 Å². The summed E-state index contributed by atoms with van der Waals surface area (Å²) in [6.45, 7) is 4.44. The number of hydrogen-bond donors (Lipinski definition) is 1. The standard InChI is InChI=1S/C14H17BrN2O2/c1-3-6-17-13(18)8-12(14(17)19)16-11-7-10(15)5-4-9(11)2/h4-5,7,12,16H,3,6,8H2,1-2H3. The van der Waals surface area contributed by atoms with Gasteiger partial charge in [0, 0.05) is 16.7 Å². The van der Waals surface area contributed by atoms with E-state index in [1.54, 1.807) is 0 Å². The van der Waals surface area contributed by atoms with Crippen LogP contribution in [0.2, 0.25) is 0 Å². The number of amides is 2. The van der Waals surface area contributed by atoms with E-state index >= 15 is 0 Å². The molecule has 1 aromatic carbocycles. The van der Waals surface area contributed by atoms with Crippen molar-refractivity contribution in [2.45, 2.75) is 32.7 Å². The Balaban J connectivity index is 2.14. The summed E-state index contributed by atoms with van der Waals surface area (Å²) in [6.07, 6.45) is 1.03. The number of anilines is 1. The highest BCUT2D eigenvalue weighted by Crippen LogP contribution is 2.24. The zero-order chi connectivity index (χ0) is 14.0. The molecule has 1 unspecified atom stereocenters. The van der Waals surface area contributed by atoms with Crippen molar-refractivity contribution >= 4 is 33.4 Å². The number of carbonyl (C=O) groups is 2. The summed E-state index contributed by atoms with van der Waals surface area (Å²) < 4.78 is 0.947. The molecule has 1 fully saturated rings. The number of rotatable bonds is 4. The summed E-state index contributed by atoms with van der Waals surface area (Å²) in [4.78, 5) is 25.3. The molecular formula is C14H17BrN2O2. The van der Waals surface area contributed by atoms with E-state index in [0.717, 1.165) is 22.1 Å². The fourth-order valence-corrected chi connectivity index (χ4v) is 2.55. The monoisotopic (exact) mass is 324 g/mol. The number of imide groups is 1. The van der Waals surface area contributed by atoms with E-state index in [2.05, 4.69) is 21.2 Å². The van der Waals surface area contributed by atoms with Crippen LogP contribution in [-0.2, 0) is 9.59 Å². The maximum absolute atomic E-state index is 12.1. The smallest absolute Gasteiger partial charge is 0.252 e. The van der Waals surface area contributed by atoms with E-state index in [1.165, 1.54) is 4.90 Å². The molecule has 0 aromatic heterocycles. The number of nitrogens with zero attached hydrogens (tertiary/aromatic N) is 1. The van der Waals surface area contributed by atoms with Crippen molar-refractivity contribution in [2.24, 2.45) is 0 Å². The first-order chi connectivity index (χ1) is 9.02. The minimum absolute atomic E-state index is 0.0861. The Hall–Kier alpha value is -1.36. The second-order valence-electron chi connectivity index (χ2n) is 4.74. The molecule has 2 rings (SSSR count). The highest BCUT2D eigenvalue weighted by atomic mass is 79.9. The zero-order valence-corrected chi connectivity index (χ0v) is 12.7. The lowest BCUT2D eigenvalue weighted by atomic mass is 10.1. The third kappa shape index (κ3) is 2.97. The van der Waals surface area contributed by atoms with Gasteiger partial charge in [-0.3, -0.25) is 14.5 Å². The van der Waals surface area contributed by atoms with Crippen molar-refractivity contribution < 1.29 is 9.59 Å².